The third-order valence-corrected chi connectivity index (χ3v) is 4.59. The molecule has 0 amide bonds. The van der Waals surface area contributed by atoms with Crippen molar-refractivity contribution in [3.63, 3.8) is 0 Å². The van der Waals surface area contributed by atoms with Gasteiger partial charge in [-0.15, -0.1) is 11.6 Å². The van der Waals surface area contributed by atoms with E-state index in [1.54, 1.807) is 0 Å². The number of nitrogens with zero attached hydrogens (tertiary/aromatic N) is 3. The van der Waals surface area contributed by atoms with Crippen molar-refractivity contribution in [2.45, 2.75) is 51.5 Å². The second kappa shape index (κ2) is 8.04. The minimum absolute atomic E-state index is 0.0879. The first-order chi connectivity index (χ1) is 10.1. The largest absolute Gasteiger partial charge is 0.311 e. The van der Waals surface area contributed by atoms with Crippen LogP contribution in [0.5, 0.6) is 0 Å². The van der Waals surface area contributed by atoms with E-state index in [0.717, 1.165) is 35.5 Å². The van der Waals surface area contributed by atoms with Gasteiger partial charge in [0.15, 0.2) is 5.65 Å². The van der Waals surface area contributed by atoms with Gasteiger partial charge >= 0.3 is 0 Å². The van der Waals surface area contributed by atoms with Gasteiger partial charge in [-0.1, -0.05) is 12.8 Å². The van der Waals surface area contributed by atoms with Crippen LogP contribution >= 0.6 is 23.4 Å². The lowest BCUT2D eigenvalue weighted by Gasteiger charge is -2.09. The second-order valence-electron chi connectivity index (χ2n) is 5.44. The minimum Gasteiger partial charge on any atom is -0.311 e. The van der Waals surface area contributed by atoms with Crippen LogP contribution in [0.25, 0.3) is 11.2 Å². The lowest BCUT2D eigenvalue weighted by atomic mass is 10.2. The van der Waals surface area contributed by atoms with Crippen LogP contribution in [0.15, 0.2) is 12.3 Å². The van der Waals surface area contributed by atoms with Crippen LogP contribution in [0.4, 0.5) is 0 Å². The van der Waals surface area contributed by atoms with E-state index in [0.29, 0.717) is 0 Å². The SMILES string of the molecule is CSCCCCCCn1c(C(C)Cl)nc2c(C)ccnc21. The molecule has 0 aliphatic heterocycles. The number of thioether (sulfide) groups is 1. The number of alkyl halides is 1. The van der Waals surface area contributed by atoms with Crippen LogP contribution in [0.2, 0.25) is 0 Å². The Morgan fingerprint density at radius 2 is 2.05 bits per heavy atom. The van der Waals surface area contributed by atoms with Crippen molar-refractivity contribution in [3.8, 4) is 0 Å². The van der Waals surface area contributed by atoms with Gasteiger partial charge in [0.1, 0.15) is 11.3 Å². The fourth-order valence-corrected chi connectivity index (χ4v) is 3.21. The van der Waals surface area contributed by atoms with Gasteiger partial charge in [-0.25, -0.2) is 9.97 Å². The van der Waals surface area contributed by atoms with Crippen LogP contribution in [-0.4, -0.2) is 26.5 Å². The molecule has 3 nitrogen and oxygen atoms in total. The first-order valence-corrected chi connectivity index (χ1v) is 9.43. The Morgan fingerprint density at radius 3 is 2.76 bits per heavy atom. The predicted molar refractivity (Wildman–Crippen MR) is 93.4 cm³/mol. The van der Waals surface area contributed by atoms with E-state index in [9.17, 15) is 0 Å². The summed E-state index contributed by atoms with van der Waals surface area (Å²) < 4.78 is 2.20. The van der Waals surface area contributed by atoms with Crippen molar-refractivity contribution in [1.82, 2.24) is 14.5 Å². The quantitative estimate of drug-likeness (QED) is 0.507. The molecule has 0 saturated carbocycles. The Kier molecular flexibility index (Phi) is 6.37. The average Bonchev–Trinajstić information content (AvgIpc) is 2.83. The number of halogens is 1. The Hall–Kier alpha value is -0.740. The Labute approximate surface area is 136 Å². The molecule has 0 fully saturated rings. The summed E-state index contributed by atoms with van der Waals surface area (Å²) in [5.74, 6) is 2.20. The highest BCUT2D eigenvalue weighted by Crippen LogP contribution is 2.25. The average molecular weight is 326 g/mol. The monoisotopic (exact) mass is 325 g/mol. The molecule has 21 heavy (non-hydrogen) atoms. The van der Waals surface area contributed by atoms with Gasteiger partial charge < -0.3 is 4.57 Å². The molecule has 1 atom stereocenters. The summed E-state index contributed by atoms with van der Waals surface area (Å²) in [5, 5.41) is -0.0879. The first-order valence-electron chi connectivity index (χ1n) is 7.60. The standard InChI is InChI=1S/C16H24ClN3S/c1-12-8-9-18-16-14(12)19-15(13(2)17)20(16)10-6-4-5-7-11-21-3/h8-9,13H,4-7,10-11H2,1-3H3. The highest BCUT2D eigenvalue weighted by molar-refractivity contribution is 7.98. The molecule has 0 bridgehead atoms. The van der Waals surface area contributed by atoms with Crippen LogP contribution in [0.1, 0.15) is 49.4 Å². The number of aromatic nitrogens is 3. The molecule has 0 aliphatic rings. The number of fused-ring (bicyclic) bond motifs is 1. The molecule has 0 aromatic carbocycles. The maximum absolute atomic E-state index is 6.30. The molecule has 2 rings (SSSR count). The van der Waals surface area contributed by atoms with E-state index in [4.69, 9.17) is 16.6 Å². The first kappa shape index (κ1) is 16.6. The fourth-order valence-electron chi connectivity index (χ4n) is 2.55. The van der Waals surface area contributed by atoms with Crippen LogP contribution < -0.4 is 0 Å². The summed E-state index contributed by atoms with van der Waals surface area (Å²) in [6.45, 7) is 5.01. The van der Waals surface area contributed by atoms with E-state index >= 15 is 0 Å². The van der Waals surface area contributed by atoms with Crippen molar-refractivity contribution < 1.29 is 0 Å². The van der Waals surface area contributed by atoms with E-state index in [2.05, 4.69) is 22.7 Å². The smallest absolute Gasteiger partial charge is 0.160 e. The molecule has 1 unspecified atom stereocenters. The Balaban J connectivity index is 2.10. The van der Waals surface area contributed by atoms with Crippen molar-refractivity contribution in [2.24, 2.45) is 0 Å². The lowest BCUT2D eigenvalue weighted by molar-refractivity contribution is 0.573. The van der Waals surface area contributed by atoms with E-state index in [-0.39, 0.29) is 5.38 Å². The van der Waals surface area contributed by atoms with Crippen LogP contribution in [0, 0.1) is 6.92 Å². The molecule has 0 N–H and O–H groups in total. The van der Waals surface area contributed by atoms with Gasteiger partial charge in [-0.2, -0.15) is 11.8 Å². The Morgan fingerprint density at radius 1 is 1.29 bits per heavy atom. The topological polar surface area (TPSA) is 30.7 Å². The van der Waals surface area contributed by atoms with Gasteiger partial charge in [0, 0.05) is 12.7 Å². The molecule has 2 aromatic rings. The molecule has 2 heterocycles. The molecule has 0 spiro atoms. The summed E-state index contributed by atoms with van der Waals surface area (Å²) in [7, 11) is 0. The molecule has 116 valence electrons. The third-order valence-electron chi connectivity index (χ3n) is 3.70. The van der Waals surface area contributed by atoms with E-state index in [1.807, 2.05) is 30.9 Å². The van der Waals surface area contributed by atoms with Gasteiger partial charge in [0.2, 0.25) is 0 Å². The van der Waals surface area contributed by atoms with Gasteiger partial charge in [-0.3, -0.25) is 0 Å². The molecular formula is C16H24ClN3S. The number of pyridine rings is 1. The summed E-state index contributed by atoms with van der Waals surface area (Å²) in [6.07, 6.45) is 9.04. The van der Waals surface area contributed by atoms with Crippen LogP contribution in [-0.2, 0) is 6.54 Å². The van der Waals surface area contributed by atoms with Gasteiger partial charge in [0.25, 0.3) is 0 Å². The molecule has 0 saturated heterocycles. The highest BCUT2D eigenvalue weighted by Gasteiger charge is 2.16. The summed E-state index contributed by atoms with van der Waals surface area (Å²) >= 11 is 8.22. The summed E-state index contributed by atoms with van der Waals surface area (Å²) in [5.41, 5.74) is 3.13. The number of unbranched alkanes of at least 4 members (excludes halogenated alkanes) is 3. The third kappa shape index (κ3) is 4.13. The number of imidazole rings is 1. The van der Waals surface area contributed by atoms with Crippen molar-refractivity contribution in [1.29, 1.82) is 0 Å². The van der Waals surface area contributed by atoms with Gasteiger partial charge in [-0.05, 0) is 50.3 Å². The zero-order valence-electron chi connectivity index (χ0n) is 13.1. The van der Waals surface area contributed by atoms with Crippen molar-refractivity contribution in [2.75, 3.05) is 12.0 Å². The molecule has 0 radical (unpaired) electrons. The normalized spacial score (nSPS) is 13.0. The lowest BCUT2D eigenvalue weighted by Crippen LogP contribution is -2.05. The van der Waals surface area contributed by atoms with Crippen molar-refractivity contribution in [3.05, 3.63) is 23.7 Å². The Bertz CT molecular complexity index is 580. The summed E-state index contributed by atoms with van der Waals surface area (Å²) in [4.78, 5) is 9.22. The van der Waals surface area contributed by atoms with Crippen molar-refractivity contribution >= 4 is 34.5 Å². The molecular weight excluding hydrogens is 302 g/mol. The van der Waals surface area contributed by atoms with Gasteiger partial charge in [0.05, 0.1) is 5.38 Å². The number of hydrogen-bond acceptors (Lipinski definition) is 3. The number of aryl methyl sites for hydroxylation is 2. The van der Waals surface area contributed by atoms with E-state index < -0.39 is 0 Å². The molecule has 5 heteroatoms. The highest BCUT2D eigenvalue weighted by atomic mass is 35.5. The minimum atomic E-state index is -0.0879. The predicted octanol–water partition coefficient (Wildman–Crippen LogP) is 4.96. The number of rotatable bonds is 8. The fraction of sp³-hybridized carbons (Fsp3) is 0.625. The zero-order chi connectivity index (χ0) is 15.2. The zero-order valence-corrected chi connectivity index (χ0v) is 14.7. The van der Waals surface area contributed by atoms with Crippen LogP contribution in [0.3, 0.4) is 0 Å². The number of hydrogen-bond donors (Lipinski definition) is 0. The maximum Gasteiger partial charge on any atom is 0.160 e. The second-order valence-corrected chi connectivity index (χ2v) is 7.08. The van der Waals surface area contributed by atoms with E-state index in [1.165, 1.54) is 25.0 Å². The summed E-state index contributed by atoms with van der Waals surface area (Å²) in [6, 6.07) is 2.00. The maximum atomic E-state index is 6.30. The molecule has 0 aliphatic carbocycles. The molecule has 2 aromatic heterocycles.